The molecule has 3 heterocycles. The van der Waals surface area contributed by atoms with E-state index in [2.05, 4.69) is 99.8 Å². The van der Waals surface area contributed by atoms with Crippen molar-refractivity contribution in [3.8, 4) is 12.1 Å². The van der Waals surface area contributed by atoms with Crippen LogP contribution in [0.25, 0.3) is 0 Å². The minimum absolute atomic E-state index is 0.0162. The SMILES string of the molecule is N#Cc1cc(N2c3ccccc3B3c4ccccc4N(c4ccccc4)c4cccc2c43)nc(C#N)n1. The quantitative estimate of drug-likeness (QED) is 0.349. The van der Waals surface area contributed by atoms with E-state index in [1.54, 1.807) is 6.07 Å². The zero-order valence-corrected chi connectivity index (χ0v) is 19.6. The van der Waals surface area contributed by atoms with Crippen LogP contribution in [-0.4, -0.2) is 16.7 Å². The summed E-state index contributed by atoms with van der Waals surface area (Å²) in [6.07, 6.45) is 0. The Bertz CT molecular complexity index is 1750. The standard InChI is InChI=1S/C30H17BN6/c32-18-20-17-29(35-28(19-33)34-20)37-25-14-7-5-12-23(25)31-22-11-4-6-13-24(22)36(21-9-2-1-3-10-21)26-15-8-16-27(37)30(26)31/h1-17H. The topological polar surface area (TPSA) is 79.8 Å². The first-order chi connectivity index (χ1) is 18.3. The highest BCUT2D eigenvalue weighted by Gasteiger charge is 2.43. The van der Waals surface area contributed by atoms with Crippen LogP contribution in [0.4, 0.5) is 34.3 Å². The molecule has 2 aliphatic rings. The van der Waals surface area contributed by atoms with Crippen molar-refractivity contribution < 1.29 is 0 Å². The van der Waals surface area contributed by atoms with E-state index in [0.29, 0.717) is 5.82 Å². The minimum atomic E-state index is -0.0327. The third kappa shape index (κ3) is 3.05. The number of nitriles is 2. The molecule has 170 valence electrons. The van der Waals surface area contributed by atoms with Crippen molar-refractivity contribution in [2.45, 2.75) is 0 Å². The fraction of sp³-hybridized carbons (Fsp3) is 0. The maximum Gasteiger partial charge on any atom is 0.252 e. The van der Waals surface area contributed by atoms with E-state index in [1.807, 2.05) is 29.2 Å². The lowest BCUT2D eigenvalue weighted by Crippen LogP contribution is -2.61. The minimum Gasteiger partial charge on any atom is -0.311 e. The number of hydrogen-bond acceptors (Lipinski definition) is 6. The van der Waals surface area contributed by atoms with Crippen molar-refractivity contribution in [1.82, 2.24) is 9.97 Å². The molecule has 37 heavy (non-hydrogen) atoms. The summed E-state index contributed by atoms with van der Waals surface area (Å²) >= 11 is 0. The second-order valence-corrected chi connectivity index (χ2v) is 8.93. The second kappa shape index (κ2) is 8.08. The highest BCUT2D eigenvalue weighted by atomic mass is 15.2. The first-order valence-electron chi connectivity index (χ1n) is 11.9. The van der Waals surface area contributed by atoms with Gasteiger partial charge in [0.2, 0.25) is 5.82 Å². The smallest absolute Gasteiger partial charge is 0.252 e. The van der Waals surface area contributed by atoms with Crippen LogP contribution in [0, 0.1) is 22.7 Å². The van der Waals surface area contributed by atoms with Gasteiger partial charge in [-0.25, -0.2) is 9.97 Å². The summed E-state index contributed by atoms with van der Waals surface area (Å²) in [5.74, 6) is 0.460. The van der Waals surface area contributed by atoms with Gasteiger partial charge in [0.05, 0.1) is 0 Å². The Morgan fingerprint density at radius 3 is 1.86 bits per heavy atom. The lowest BCUT2D eigenvalue weighted by atomic mass is 9.33. The van der Waals surface area contributed by atoms with Crippen molar-refractivity contribution in [2.75, 3.05) is 9.80 Å². The van der Waals surface area contributed by atoms with Gasteiger partial charge in [0.15, 0.2) is 0 Å². The molecule has 4 aromatic carbocycles. The zero-order valence-electron chi connectivity index (χ0n) is 19.6. The Balaban J connectivity index is 1.57. The third-order valence-corrected chi connectivity index (χ3v) is 6.98. The molecule has 5 aromatic rings. The summed E-state index contributed by atoms with van der Waals surface area (Å²) < 4.78 is 0. The molecule has 2 aliphatic heterocycles. The van der Waals surface area contributed by atoms with Crippen molar-refractivity contribution in [3.63, 3.8) is 0 Å². The summed E-state index contributed by atoms with van der Waals surface area (Å²) in [5, 5.41) is 19.2. The summed E-state index contributed by atoms with van der Waals surface area (Å²) in [6, 6.07) is 39.2. The fourth-order valence-corrected chi connectivity index (χ4v) is 5.59. The van der Waals surface area contributed by atoms with Crippen LogP contribution < -0.4 is 26.2 Å². The molecule has 0 N–H and O–H groups in total. The zero-order chi connectivity index (χ0) is 24.9. The number of nitrogens with zero attached hydrogens (tertiary/aromatic N) is 6. The van der Waals surface area contributed by atoms with Gasteiger partial charge >= 0.3 is 0 Å². The van der Waals surface area contributed by atoms with Crippen LogP contribution in [0.3, 0.4) is 0 Å². The van der Waals surface area contributed by atoms with Gasteiger partial charge in [-0.3, -0.25) is 4.90 Å². The van der Waals surface area contributed by atoms with Crippen molar-refractivity contribution in [3.05, 3.63) is 115 Å². The largest absolute Gasteiger partial charge is 0.311 e. The predicted molar refractivity (Wildman–Crippen MR) is 145 cm³/mol. The molecule has 0 bridgehead atoms. The highest BCUT2D eigenvalue weighted by molar-refractivity contribution is 7.00. The molecule has 7 heteroatoms. The molecular weight excluding hydrogens is 455 g/mol. The molecule has 0 fully saturated rings. The van der Waals surface area contributed by atoms with Gasteiger partial charge in [-0.1, -0.05) is 60.7 Å². The first kappa shape index (κ1) is 20.9. The fourth-order valence-electron chi connectivity index (χ4n) is 5.59. The van der Waals surface area contributed by atoms with Gasteiger partial charge in [-0.05, 0) is 52.8 Å². The number of benzene rings is 4. The molecule has 0 unspecified atom stereocenters. The number of para-hydroxylation sites is 3. The van der Waals surface area contributed by atoms with Gasteiger partial charge in [0, 0.05) is 34.5 Å². The van der Waals surface area contributed by atoms with E-state index in [4.69, 9.17) is 0 Å². The molecule has 1 aromatic heterocycles. The van der Waals surface area contributed by atoms with Crippen molar-refractivity contribution in [2.24, 2.45) is 0 Å². The third-order valence-electron chi connectivity index (χ3n) is 6.98. The molecule has 7 rings (SSSR count). The van der Waals surface area contributed by atoms with E-state index in [-0.39, 0.29) is 18.2 Å². The van der Waals surface area contributed by atoms with E-state index in [9.17, 15) is 10.5 Å². The summed E-state index contributed by atoms with van der Waals surface area (Å²) in [4.78, 5) is 12.9. The Hall–Kier alpha value is -5.40. The van der Waals surface area contributed by atoms with Gasteiger partial charge in [0.1, 0.15) is 23.7 Å². The molecule has 0 aliphatic carbocycles. The van der Waals surface area contributed by atoms with E-state index in [1.165, 1.54) is 5.46 Å². The molecule has 6 nitrogen and oxygen atoms in total. The molecule has 0 radical (unpaired) electrons. The maximum absolute atomic E-state index is 9.60. The van der Waals surface area contributed by atoms with Crippen LogP contribution in [0.15, 0.2) is 103 Å². The number of fused-ring (bicyclic) bond motifs is 4. The summed E-state index contributed by atoms with van der Waals surface area (Å²) in [7, 11) is 0. The summed E-state index contributed by atoms with van der Waals surface area (Å²) in [6.45, 7) is 0.0162. The highest BCUT2D eigenvalue weighted by Crippen LogP contribution is 2.42. The first-order valence-corrected chi connectivity index (χ1v) is 11.9. The molecule has 0 saturated heterocycles. The average Bonchev–Trinajstić information content (AvgIpc) is 2.97. The van der Waals surface area contributed by atoms with Gasteiger partial charge < -0.3 is 4.90 Å². The van der Waals surface area contributed by atoms with Crippen LogP contribution >= 0.6 is 0 Å². The Labute approximate surface area is 214 Å². The van der Waals surface area contributed by atoms with Crippen LogP contribution in [0.1, 0.15) is 11.5 Å². The average molecular weight is 472 g/mol. The maximum atomic E-state index is 9.60. The monoisotopic (exact) mass is 472 g/mol. The van der Waals surface area contributed by atoms with E-state index < -0.39 is 0 Å². The number of hydrogen-bond donors (Lipinski definition) is 0. The van der Waals surface area contributed by atoms with E-state index >= 15 is 0 Å². The summed E-state index contributed by atoms with van der Waals surface area (Å²) in [5.41, 5.74) is 8.90. The van der Waals surface area contributed by atoms with Crippen LogP contribution in [0.5, 0.6) is 0 Å². The van der Waals surface area contributed by atoms with Crippen molar-refractivity contribution >= 4 is 57.4 Å². The van der Waals surface area contributed by atoms with Gasteiger partial charge in [-0.15, -0.1) is 0 Å². The lowest BCUT2D eigenvalue weighted by molar-refractivity contribution is 1.06. The molecule has 0 amide bonds. The Morgan fingerprint density at radius 2 is 1.19 bits per heavy atom. The van der Waals surface area contributed by atoms with Crippen molar-refractivity contribution in [1.29, 1.82) is 10.5 Å². The molecular formula is C30H17BN6. The number of aromatic nitrogens is 2. The van der Waals surface area contributed by atoms with Crippen LogP contribution in [0.2, 0.25) is 0 Å². The Kier molecular flexibility index (Phi) is 4.57. The molecule has 0 spiro atoms. The van der Waals surface area contributed by atoms with Crippen LogP contribution in [-0.2, 0) is 0 Å². The van der Waals surface area contributed by atoms with Gasteiger partial charge in [0.25, 0.3) is 6.71 Å². The number of anilines is 6. The molecule has 0 saturated carbocycles. The van der Waals surface area contributed by atoms with E-state index in [0.717, 1.165) is 39.4 Å². The normalized spacial score (nSPS) is 12.6. The lowest BCUT2D eigenvalue weighted by Gasteiger charge is -2.43. The predicted octanol–water partition coefficient (Wildman–Crippen LogP) is 4.30. The number of rotatable bonds is 2. The second-order valence-electron chi connectivity index (χ2n) is 8.93. The molecule has 0 atom stereocenters. The Morgan fingerprint density at radius 1 is 0.595 bits per heavy atom. The van der Waals surface area contributed by atoms with Gasteiger partial charge in [-0.2, -0.15) is 10.5 Å².